The first-order valence-corrected chi connectivity index (χ1v) is 3.36. The van der Waals surface area contributed by atoms with Crippen LogP contribution in [0.1, 0.15) is 5.56 Å². The van der Waals surface area contributed by atoms with Gasteiger partial charge in [-0.3, -0.25) is 5.32 Å². The number of phenolic OH excluding ortho intramolecular Hbond substituents is 1. The third-order valence-electron chi connectivity index (χ3n) is 1.73. The van der Waals surface area contributed by atoms with Crippen LogP contribution in [-0.2, 0) is 6.42 Å². The summed E-state index contributed by atoms with van der Waals surface area (Å²) in [5.74, 6) is 0.310. The van der Waals surface area contributed by atoms with Crippen LogP contribution in [0.3, 0.4) is 0 Å². The second kappa shape index (κ2) is 1.90. The summed E-state index contributed by atoms with van der Waals surface area (Å²) in [6.07, 6.45) is 1.02. The van der Waals surface area contributed by atoms with E-state index in [1.165, 1.54) is 5.56 Å². The summed E-state index contributed by atoms with van der Waals surface area (Å²) in [6.45, 7) is 0.874. The fraction of sp³-hybridized carbons (Fsp3) is 0.250. The standard InChI is InChI=1S/C8H8NO/c10-7-2-1-6-3-4-9-8(6)5-7/h1-2,5,10H,3-4H2. The normalized spacial score (nSPS) is 14.4. The minimum atomic E-state index is 0.310. The summed E-state index contributed by atoms with van der Waals surface area (Å²) >= 11 is 0. The monoisotopic (exact) mass is 134 g/mol. The minimum Gasteiger partial charge on any atom is -0.508 e. The number of aromatic hydroxyl groups is 1. The molecule has 0 bridgehead atoms. The quantitative estimate of drug-likeness (QED) is 0.568. The minimum absolute atomic E-state index is 0.310. The molecule has 0 unspecified atom stereocenters. The molecule has 1 radical (unpaired) electrons. The highest BCUT2D eigenvalue weighted by Gasteiger charge is 2.10. The molecule has 1 N–H and O–H groups in total. The highest BCUT2D eigenvalue weighted by molar-refractivity contribution is 5.52. The summed E-state index contributed by atoms with van der Waals surface area (Å²) < 4.78 is 0. The van der Waals surface area contributed by atoms with Gasteiger partial charge in [0.05, 0.1) is 5.69 Å². The van der Waals surface area contributed by atoms with Crippen molar-refractivity contribution in [2.45, 2.75) is 6.42 Å². The smallest absolute Gasteiger partial charge is 0.117 e. The topological polar surface area (TPSA) is 34.3 Å². The summed E-state index contributed by atoms with van der Waals surface area (Å²) in [7, 11) is 0. The highest BCUT2D eigenvalue weighted by Crippen LogP contribution is 2.25. The van der Waals surface area contributed by atoms with Crippen molar-refractivity contribution in [1.29, 1.82) is 0 Å². The summed E-state index contributed by atoms with van der Waals surface area (Å²) in [5.41, 5.74) is 2.21. The largest absolute Gasteiger partial charge is 0.508 e. The second-order valence-electron chi connectivity index (χ2n) is 2.44. The Morgan fingerprint density at radius 2 is 2.30 bits per heavy atom. The Balaban J connectivity index is 2.52. The van der Waals surface area contributed by atoms with Crippen LogP contribution in [0, 0.1) is 0 Å². The maximum absolute atomic E-state index is 9.04. The number of hydrogen-bond acceptors (Lipinski definition) is 1. The zero-order valence-electron chi connectivity index (χ0n) is 5.54. The number of fused-ring (bicyclic) bond motifs is 1. The Morgan fingerprint density at radius 3 is 3.20 bits per heavy atom. The molecule has 2 nitrogen and oxygen atoms in total. The van der Waals surface area contributed by atoms with E-state index in [2.05, 4.69) is 5.32 Å². The summed E-state index contributed by atoms with van der Waals surface area (Å²) in [4.78, 5) is 0. The number of nitrogens with zero attached hydrogens (tertiary/aromatic N) is 1. The fourth-order valence-corrected chi connectivity index (χ4v) is 1.21. The molecule has 0 aliphatic carbocycles. The maximum atomic E-state index is 9.04. The van der Waals surface area contributed by atoms with Gasteiger partial charge in [-0.15, -0.1) is 0 Å². The molecule has 1 aliphatic heterocycles. The van der Waals surface area contributed by atoms with E-state index in [-0.39, 0.29) is 0 Å². The van der Waals surface area contributed by atoms with E-state index in [4.69, 9.17) is 5.11 Å². The van der Waals surface area contributed by atoms with Crippen LogP contribution in [0.4, 0.5) is 5.69 Å². The molecule has 2 heteroatoms. The molecule has 0 fully saturated rings. The lowest BCUT2D eigenvalue weighted by Gasteiger charge is -1.96. The Labute approximate surface area is 59.5 Å². The van der Waals surface area contributed by atoms with Crippen molar-refractivity contribution >= 4 is 5.69 Å². The lowest BCUT2D eigenvalue weighted by molar-refractivity contribution is 0.475. The van der Waals surface area contributed by atoms with Crippen LogP contribution in [0.15, 0.2) is 18.2 Å². The molecule has 2 rings (SSSR count). The molecule has 0 amide bonds. The van der Waals surface area contributed by atoms with E-state index >= 15 is 0 Å². The number of hydrogen-bond donors (Lipinski definition) is 1. The van der Waals surface area contributed by atoms with Crippen molar-refractivity contribution < 1.29 is 5.11 Å². The molecule has 0 saturated carbocycles. The van der Waals surface area contributed by atoms with Crippen LogP contribution in [0.5, 0.6) is 5.75 Å². The van der Waals surface area contributed by atoms with Gasteiger partial charge in [0.1, 0.15) is 5.75 Å². The lowest BCUT2D eigenvalue weighted by atomic mass is 10.2. The van der Waals surface area contributed by atoms with Crippen LogP contribution in [-0.4, -0.2) is 11.7 Å². The zero-order valence-corrected chi connectivity index (χ0v) is 5.54. The van der Waals surface area contributed by atoms with Crippen molar-refractivity contribution in [3.05, 3.63) is 23.8 Å². The Morgan fingerprint density at radius 1 is 1.40 bits per heavy atom. The maximum Gasteiger partial charge on any atom is 0.117 e. The molecule has 0 saturated heterocycles. The molecule has 1 aromatic carbocycles. The average molecular weight is 134 g/mol. The van der Waals surface area contributed by atoms with Crippen molar-refractivity contribution in [3.8, 4) is 5.75 Å². The molecule has 0 spiro atoms. The molecule has 1 heterocycles. The van der Waals surface area contributed by atoms with Crippen molar-refractivity contribution in [2.24, 2.45) is 0 Å². The summed E-state index contributed by atoms with van der Waals surface area (Å²) in [5, 5.41) is 13.2. The third kappa shape index (κ3) is 0.727. The van der Waals surface area contributed by atoms with Gasteiger partial charge in [0.25, 0.3) is 0 Å². The molecule has 1 aliphatic rings. The van der Waals surface area contributed by atoms with E-state index in [0.717, 1.165) is 18.7 Å². The van der Waals surface area contributed by atoms with Crippen molar-refractivity contribution in [1.82, 2.24) is 5.32 Å². The van der Waals surface area contributed by atoms with Crippen molar-refractivity contribution in [2.75, 3.05) is 6.54 Å². The number of rotatable bonds is 0. The number of phenols is 1. The first-order valence-electron chi connectivity index (χ1n) is 3.36. The zero-order chi connectivity index (χ0) is 6.97. The van der Waals surface area contributed by atoms with Gasteiger partial charge in [0, 0.05) is 12.6 Å². The molecular formula is C8H8NO. The molecule has 1 aromatic rings. The van der Waals surface area contributed by atoms with Crippen LogP contribution in [0.2, 0.25) is 0 Å². The van der Waals surface area contributed by atoms with Gasteiger partial charge in [0.15, 0.2) is 0 Å². The van der Waals surface area contributed by atoms with Gasteiger partial charge in [-0.2, -0.15) is 0 Å². The number of benzene rings is 1. The lowest BCUT2D eigenvalue weighted by Crippen LogP contribution is -1.88. The molecule has 0 aromatic heterocycles. The Bertz CT molecular complexity index is 257. The third-order valence-corrected chi connectivity index (χ3v) is 1.73. The van der Waals surface area contributed by atoms with E-state index < -0.39 is 0 Å². The van der Waals surface area contributed by atoms with E-state index in [9.17, 15) is 0 Å². The molecular weight excluding hydrogens is 126 g/mol. The Kier molecular flexibility index (Phi) is 1.07. The average Bonchev–Trinajstić information content (AvgIpc) is 2.33. The first-order chi connectivity index (χ1) is 4.86. The fourth-order valence-electron chi connectivity index (χ4n) is 1.21. The van der Waals surface area contributed by atoms with Crippen LogP contribution < -0.4 is 5.32 Å². The van der Waals surface area contributed by atoms with Gasteiger partial charge in [-0.1, -0.05) is 6.07 Å². The van der Waals surface area contributed by atoms with Gasteiger partial charge in [-0.25, -0.2) is 0 Å². The molecule has 51 valence electrons. The first kappa shape index (κ1) is 5.59. The van der Waals surface area contributed by atoms with E-state index in [1.807, 2.05) is 6.07 Å². The summed E-state index contributed by atoms with van der Waals surface area (Å²) in [6, 6.07) is 5.35. The SMILES string of the molecule is Oc1ccc2c(c1)[N]CC2. The van der Waals surface area contributed by atoms with Crippen LogP contribution >= 0.6 is 0 Å². The van der Waals surface area contributed by atoms with E-state index in [1.54, 1.807) is 12.1 Å². The van der Waals surface area contributed by atoms with Gasteiger partial charge < -0.3 is 5.11 Å². The van der Waals surface area contributed by atoms with E-state index in [0.29, 0.717) is 5.75 Å². The molecule has 0 atom stereocenters. The van der Waals surface area contributed by atoms with Gasteiger partial charge >= 0.3 is 0 Å². The van der Waals surface area contributed by atoms with Gasteiger partial charge in [-0.05, 0) is 18.1 Å². The van der Waals surface area contributed by atoms with Crippen LogP contribution in [0.25, 0.3) is 0 Å². The van der Waals surface area contributed by atoms with Crippen molar-refractivity contribution in [3.63, 3.8) is 0 Å². The predicted molar refractivity (Wildman–Crippen MR) is 38.5 cm³/mol. The molecule has 10 heavy (non-hydrogen) atoms. The van der Waals surface area contributed by atoms with Gasteiger partial charge in [0.2, 0.25) is 0 Å². The highest BCUT2D eigenvalue weighted by atomic mass is 16.3. The second-order valence-corrected chi connectivity index (χ2v) is 2.44. The predicted octanol–water partition coefficient (Wildman–Crippen LogP) is 1.18. The Hall–Kier alpha value is -1.18.